The number of nitrogens with one attached hydrogen (secondary N) is 2. The van der Waals surface area contributed by atoms with E-state index in [4.69, 9.17) is 14.2 Å². The predicted octanol–water partition coefficient (Wildman–Crippen LogP) is 4.07. The second-order valence-electron chi connectivity index (χ2n) is 9.18. The Bertz CT molecular complexity index is 1240. The van der Waals surface area contributed by atoms with Gasteiger partial charge in [-0.2, -0.15) is 0 Å². The molecule has 3 atom stereocenters. The predicted molar refractivity (Wildman–Crippen MR) is 139 cm³/mol. The Morgan fingerprint density at radius 1 is 1.13 bits per heavy atom. The normalized spacial score (nSPS) is 18.4. The first-order chi connectivity index (χ1) is 18.3. The second-order valence-corrected chi connectivity index (χ2v) is 9.18. The van der Waals surface area contributed by atoms with Crippen LogP contribution in [0.3, 0.4) is 0 Å². The van der Waals surface area contributed by atoms with Crippen LogP contribution in [0.4, 0.5) is 19.4 Å². The zero-order valence-corrected chi connectivity index (χ0v) is 21.9. The van der Waals surface area contributed by atoms with Crippen LogP contribution >= 0.6 is 0 Å². The molecule has 2 heterocycles. The number of carbonyl (C=O) groups is 1. The highest BCUT2D eigenvalue weighted by Gasteiger charge is 2.35. The second kappa shape index (κ2) is 12.3. The smallest absolute Gasteiger partial charge is 0.320 e. The summed E-state index contributed by atoms with van der Waals surface area (Å²) in [6, 6.07) is 12.4. The van der Waals surface area contributed by atoms with Crippen LogP contribution in [0.1, 0.15) is 24.0 Å². The maximum absolute atomic E-state index is 14.0. The van der Waals surface area contributed by atoms with E-state index in [1.807, 2.05) is 30.3 Å². The van der Waals surface area contributed by atoms with Crippen LogP contribution in [0, 0.1) is 18.6 Å². The van der Waals surface area contributed by atoms with E-state index in [1.54, 1.807) is 31.7 Å². The highest BCUT2D eigenvalue weighted by molar-refractivity contribution is 5.90. The molecule has 0 bridgehead atoms. The third-order valence-corrected chi connectivity index (χ3v) is 6.62. The number of urea groups is 1. The summed E-state index contributed by atoms with van der Waals surface area (Å²) in [6.07, 6.45) is -0.539. The average molecular weight is 530 g/mol. The molecule has 4 rings (SSSR count). The van der Waals surface area contributed by atoms with Crippen molar-refractivity contribution in [2.45, 2.75) is 32.1 Å². The Kier molecular flexibility index (Phi) is 8.93. The van der Waals surface area contributed by atoms with Crippen molar-refractivity contribution in [3.8, 4) is 11.6 Å². The topological polar surface area (TPSA) is 89.9 Å². The Labute approximate surface area is 220 Å². The van der Waals surface area contributed by atoms with Crippen molar-refractivity contribution >= 4 is 11.8 Å². The van der Waals surface area contributed by atoms with E-state index in [-0.39, 0.29) is 12.0 Å². The van der Waals surface area contributed by atoms with Gasteiger partial charge in [-0.25, -0.2) is 18.3 Å². The van der Waals surface area contributed by atoms with Crippen LogP contribution in [0.5, 0.6) is 5.88 Å². The lowest BCUT2D eigenvalue weighted by Crippen LogP contribution is -2.42. The number of hydrogen-bond acceptors (Lipinski definition) is 6. The van der Waals surface area contributed by atoms with Gasteiger partial charge in [0.05, 0.1) is 23.9 Å². The number of aromatic nitrogens is 2. The number of anilines is 1. The van der Waals surface area contributed by atoms with Crippen LogP contribution in [0.15, 0.2) is 48.5 Å². The van der Waals surface area contributed by atoms with E-state index in [9.17, 15) is 13.6 Å². The molecule has 1 aliphatic heterocycles. The minimum atomic E-state index is -0.916. The van der Waals surface area contributed by atoms with E-state index >= 15 is 0 Å². The molecular formula is C27H33F2N5O4. The maximum Gasteiger partial charge on any atom is 0.320 e. The van der Waals surface area contributed by atoms with Crippen molar-refractivity contribution in [3.05, 3.63) is 71.3 Å². The SMILES string of the molecule is COCCN1C[C@@H](NC(=O)Nc2c(C)c(OC(C)OC)nn2-c2ccccc2)[C@H](c2ccc(F)c(F)c2)C1. The van der Waals surface area contributed by atoms with Crippen molar-refractivity contribution in [1.82, 2.24) is 20.0 Å². The summed E-state index contributed by atoms with van der Waals surface area (Å²) >= 11 is 0. The molecule has 2 amide bonds. The minimum Gasteiger partial charge on any atom is -0.447 e. The van der Waals surface area contributed by atoms with Gasteiger partial charge in [0.1, 0.15) is 5.82 Å². The third-order valence-electron chi connectivity index (χ3n) is 6.62. The highest BCUT2D eigenvalue weighted by Crippen LogP contribution is 2.31. The van der Waals surface area contributed by atoms with Crippen molar-refractivity contribution in [2.24, 2.45) is 0 Å². The number of hydrogen-bond donors (Lipinski definition) is 2. The van der Waals surface area contributed by atoms with Gasteiger partial charge < -0.3 is 19.5 Å². The first kappa shape index (κ1) is 27.5. The fourth-order valence-corrected chi connectivity index (χ4v) is 4.52. The average Bonchev–Trinajstić information content (AvgIpc) is 3.45. The molecule has 0 aliphatic carbocycles. The van der Waals surface area contributed by atoms with Gasteiger partial charge in [-0.3, -0.25) is 10.2 Å². The van der Waals surface area contributed by atoms with E-state index in [0.29, 0.717) is 49.1 Å². The number of amides is 2. The number of ether oxygens (including phenoxy) is 3. The molecular weight excluding hydrogens is 496 g/mol. The summed E-state index contributed by atoms with van der Waals surface area (Å²) in [7, 11) is 3.15. The van der Waals surface area contributed by atoms with Crippen LogP contribution in [-0.2, 0) is 9.47 Å². The van der Waals surface area contributed by atoms with Crippen molar-refractivity contribution < 1.29 is 27.8 Å². The number of nitrogens with zero attached hydrogens (tertiary/aromatic N) is 3. The molecule has 38 heavy (non-hydrogen) atoms. The first-order valence-corrected chi connectivity index (χ1v) is 12.4. The third kappa shape index (κ3) is 6.29. The van der Waals surface area contributed by atoms with Gasteiger partial charge in [0, 0.05) is 39.8 Å². The number of halogens is 2. The van der Waals surface area contributed by atoms with Crippen molar-refractivity contribution in [3.63, 3.8) is 0 Å². The molecule has 0 spiro atoms. The standard InChI is InChI=1S/C27H33F2N5O4/c1-17-25(34(20-8-6-5-7-9-20)32-26(17)38-18(2)37-4)31-27(35)30-24-16-33(12-13-36-3)15-21(24)19-10-11-22(28)23(29)14-19/h5-11,14,18,21,24H,12-13,15-16H2,1-4H3,(H2,30,31,35)/t18?,21-,24+/m0/s1. The van der Waals surface area contributed by atoms with E-state index in [0.717, 1.165) is 11.8 Å². The molecule has 204 valence electrons. The summed E-state index contributed by atoms with van der Waals surface area (Å²) in [6.45, 7) is 5.79. The molecule has 11 heteroatoms. The van der Waals surface area contributed by atoms with Crippen LogP contribution in [-0.4, -0.2) is 73.5 Å². The Morgan fingerprint density at radius 3 is 2.58 bits per heavy atom. The Hall–Kier alpha value is -3.54. The minimum absolute atomic E-state index is 0.241. The van der Waals surface area contributed by atoms with Gasteiger partial charge in [-0.15, -0.1) is 5.10 Å². The lowest BCUT2D eigenvalue weighted by molar-refractivity contribution is -0.0415. The van der Waals surface area contributed by atoms with Gasteiger partial charge >= 0.3 is 6.03 Å². The van der Waals surface area contributed by atoms with Gasteiger partial charge in [0.25, 0.3) is 0 Å². The highest BCUT2D eigenvalue weighted by atomic mass is 19.2. The number of benzene rings is 2. The summed E-state index contributed by atoms with van der Waals surface area (Å²) in [5.41, 5.74) is 1.97. The molecule has 1 aliphatic rings. The van der Waals surface area contributed by atoms with Gasteiger partial charge in [0.2, 0.25) is 5.88 Å². The fraction of sp³-hybridized carbons (Fsp3) is 0.407. The summed E-state index contributed by atoms with van der Waals surface area (Å²) in [4.78, 5) is 15.4. The van der Waals surface area contributed by atoms with Crippen LogP contribution < -0.4 is 15.4 Å². The van der Waals surface area contributed by atoms with Gasteiger partial charge in [-0.1, -0.05) is 24.3 Å². The number of para-hydroxylation sites is 1. The van der Waals surface area contributed by atoms with Gasteiger partial charge in [0.15, 0.2) is 17.9 Å². The molecule has 0 radical (unpaired) electrons. The lowest BCUT2D eigenvalue weighted by Gasteiger charge is -2.21. The summed E-state index contributed by atoms with van der Waals surface area (Å²) < 4.78 is 45.4. The molecule has 9 nitrogen and oxygen atoms in total. The molecule has 3 aromatic rings. The van der Waals surface area contributed by atoms with Crippen LogP contribution in [0.2, 0.25) is 0 Å². The number of methoxy groups -OCH3 is 2. The molecule has 2 aromatic carbocycles. The lowest BCUT2D eigenvalue weighted by atomic mass is 9.94. The van der Waals surface area contributed by atoms with E-state index in [2.05, 4.69) is 20.6 Å². The molecule has 2 N–H and O–H groups in total. The fourth-order valence-electron chi connectivity index (χ4n) is 4.52. The summed E-state index contributed by atoms with van der Waals surface area (Å²) in [5.74, 6) is -1.30. The number of rotatable bonds is 10. The van der Waals surface area contributed by atoms with Crippen molar-refractivity contribution in [1.29, 1.82) is 0 Å². The molecule has 0 saturated carbocycles. The van der Waals surface area contributed by atoms with Gasteiger partial charge in [-0.05, 0) is 43.7 Å². The molecule has 1 saturated heterocycles. The molecule has 1 fully saturated rings. The summed E-state index contributed by atoms with van der Waals surface area (Å²) in [5, 5.41) is 10.5. The van der Waals surface area contributed by atoms with E-state index in [1.165, 1.54) is 13.2 Å². The van der Waals surface area contributed by atoms with Crippen LogP contribution in [0.25, 0.3) is 5.69 Å². The van der Waals surface area contributed by atoms with E-state index < -0.39 is 24.0 Å². The molecule has 1 unspecified atom stereocenters. The quantitative estimate of drug-likeness (QED) is 0.385. The maximum atomic E-state index is 14.0. The Morgan fingerprint density at radius 2 is 1.89 bits per heavy atom. The zero-order valence-electron chi connectivity index (χ0n) is 21.9. The monoisotopic (exact) mass is 529 g/mol. The number of likely N-dealkylation sites (tertiary alicyclic amines) is 1. The molecule has 1 aromatic heterocycles. The Balaban J connectivity index is 1.57. The number of carbonyl (C=O) groups excluding carboxylic acids is 1. The largest absolute Gasteiger partial charge is 0.447 e. The van der Waals surface area contributed by atoms with Crippen molar-refractivity contribution in [2.75, 3.05) is 45.8 Å². The zero-order chi connectivity index (χ0) is 27.2. The first-order valence-electron chi connectivity index (χ1n) is 12.4.